The molecule has 0 radical (unpaired) electrons. The van der Waals surface area contributed by atoms with Gasteiger partial charge in [-0.15, -0.1) is 0 Å². The molecule has 0 saturated carbocycles. The number of nitrogens with zero attached hydrogens (tertiary/aromatic N) is 3. The van der Waals surface area contributed by atoms with Crippen molar-refractivity contribution in [1.29, 1.82) is 0 Å². The molecule has 6 heteroatoms. The molecule has 0 saturated heterocycles. The van der Waals surface area contributed by atoms with Crippen molar-refractivity contribution >= 4 is 5.91 Å². The van der Waals surface area contributed by atoms with Crippen LogP contribution in [0.15, 0.2) is 30.3 Å². The smallest absolute Gasteiger partial charge is 0.223 e. The van der Waals surface area contributed by atoms with Crippen LogP contribution in [0.25, 0.3) is 11.4 Å². The first-order valence-corrected chi connectivity index (χ1v) is 10.6. The number of aromatic nitrogens is 2. The van der Waals surface area contributed by atoms with Crippen LogP contribution in [-0.2, 0) is 17.6 Å². The zero-order valence-electron chi connectivity index (χ0n) is 17.8. The molecule has 0 fully saturated rings. The summed E-state index contributed by atoms with van der Waals surface area (Å²) in [5.74, 6) is 1.53. The van der Waals surface area contributed by atoms with E-state index in [-0.39, 0.29) is 11.8 Å². The summed E-state index contributed by atoms with van der Waals surface area (Å²) in [6.45, 7) is 4.24. The van der Waals surface area contributed by atoms with Crippen LogP contribution in [0.1, 0.15) is 37.4 Å². The van der Waals surface area contributed by atoms with Gasteiger partial charge in [-0.3, -0.25) is 4.79 Å². The summed E-state index contributed by atoms with van der Waals surface area (Å²) in [7, 11) is 4.09. The van der Waals surface area contributed by atoms with Crippen molar-refractivity contribution in [2.24, 2.45) is 5.92 Å². The van der Waals surface area contributed by atoms with Gasteiger partial charge < -0.3 is 15.0 Å². The lowest BCUT2D eigenvalue weighted by Gasteiger charge is -2.15. The first-order chi connectivity index (χ1) is 14.1. The Morgan fingerprint density at radius 1 is 1.17 bits per heavy atom. The van der Waals surface area contributed by atoms with Crippen molar-refractivity contribution in [3.8, 4) is 17.3 Å². The summed E-state index contributed by atoms with van der Waals surface area (Å²) in [5.41, 5.74) is 3.07. The highest BCUT2D eigenvalue weighted by Crippen LogP contribution is 2.31. The second kappa shape index (κ2) is 10.3. The summed E-state index contributed by atoms with van der Waals surface area (Å²) < 4.78 is 5.86. The number of amides is 1. The number of hydrogen-bond donors (Lipinski definition) is 1. The topological polar surface area (TPSA) is 67.3 Å². The monoisotopic (exact) mass is 396 g/mol. The Morgan fingerprint density at radius 3 is 2.66 bits per heavy atom. The highest BCUT2D eigenvalue weighted by atomic mass is 16.5. The summed E-state index contributed by atoms with van der Waals surface area (Å²) in [6, 6.07) is 9.98. The van der Waals surface area contributed by atoms with Crippen LogP contribution in [0.4, 0.5) is 0 Å². The lowest BCUT2D eigenvalue weighted by Crippen LogP contribution is -2.32. The van der Waals surface area contributed by atoms with E-state index in [1.54, 1.807) is 0 Å². The fourth-order valence-corrected chi connectivity index (χ4v) is 3.73. The van der Waals surface area contributed by atoms with E-state index < -0.39 is 0 Å². The number of ether oxygens (including phenoxy) is 1. The minimum absolute atomic E-state index is 0.0122. The normalized spacial score (nSPS) is 16.2. The molecule has 156 valence electrons. The maximum absolute atomic E-state index is 12.7. The van der Waals surface area contributed by atoms with Gasteiger partial charge in [-0.25, -0.2) is 4.98 Å². The fourth-order valence-electron chi connectivity index (χ4n) is 3.73. The Kier molecular flexibility index (Phi) is 7.58. The molecule has 1 N–H and O–H groups in total. The van der Waals surface area contributed by atoms with Crippen molar-refractivity contribution < 1.29 is 9.53 Å². The number of carbonyl (C=O) groups excluding carboxylic acids is 1. The standard InChI is InChI=1S/C23H32N4O2/c1-4-29-23-19-13-11-18(22(28)24-15-8-16-27(2)3)12-14-20(19)25-21(26-23)17-9-6-5-7-10-17/h5-7,9-10,18H,4,8,11-16H2,1-3H3,(H,24,28). The van der Waals surface area contributed by atoms with Crippen LogP contribution in [0, 0.1) is 5.92 Å². The lowest BCUT2D eigenvalue weighted by atomic mass is 9.99. The third-order valence-corrected chi connectivity index (χ3v) is 5.29. The quantitative estimate of drug-likeness (QED) is 0.549. The highest BCUT2D eigenvalue weighted by Gasteiger charge is 2.26. The largest absolute Gasteiger partial charge is 0.478 e. The van der Waals surface area contributed by atoms with E-state index in [4.69, 9.17) is 14.7 Å². The Labute approximate surface area is 173 Å². The van der Waals surface area contributed by atoms with Crippen molar-refractivity contribution in [3.05, 3.63) is 41.6 Å². The summed E-state index contributed by atoms with van der Waals surface area (Å²) in [5, 5.41) is 3.11. The third kappa shape index (κ3) is 5.76. The van der Waals surface area contributed by atoms with E-state index >= 15 is 0 Å². The number of fused-ring (bicyclic) bond motifs is 1. The van der Waals surface area contributed by atoms with E-state index in [9.17, 15) is 4.79 Å². The van der Waals surface area contributed by atoms with Gasteiger partial charge >= 0.3 is 0 Å². The molecule has 0 aliphatic heterocycles. The van der Waals surface area contributed by atoms with Crippen molar-refractivity contribution in [3.63, 3.8) is 0 Å². The van der Waals surface area contributed by atoms with Crippen molar-refractivity contribution in [2.45, 2.75) is 39.0 Å². The molecule has 1 aromatic heterocycles. The van der Waals surface area contributed by atoms with Crippen molar-refractivity contribution in [1.82, 2.24) is 20.2 Å². The Bertz CT molecular complexity index is 808. The van der Waals surface area contributed by atoms with Crippen LogP contribution in [0.5, 0.6) is 5.88 Å². The van der Waals surface area contributed by atoms with Crippen LogP contribution >= 0.6 is 0 Å². The van der Waals surface area contributed by atoms with E-state index in [1.807, 2.05) is 51.4 Å². The third-order valence-electron chi connectivity index (χ3n) is 5.29. The van der Waals surface area contributed by atoms with E-state index in [0.29, 0.717) is 18.3 Å². The summed E-state index contributed by atoms with van der Waals surface area (Å²) in [6.07, 6.45) is 4.12. The zero-order chi connectivity index (χ0) is 20.6. The molecule has 0 spiro atoms. The molecule has 1 heterocycles. The molecule has 0 bridgehead atoms. The molecular formula is C23H32N4O2. The molecule has 3 rings (SSSR count). The lowest BCUT2D eigenvalue weighted by molar-refractivity contribution is -0.125. The predicted molar refractivity (Wildman–Crippen MR) is 115 cm³/mol. The van der Waals surface area contributed by atoms with Gasteiger partial charge in [0.1, 0.15) is 0 Å². The van der Waals surface area contributed by atoms with Crippen LogP contribution in [-0.4, -0.2) is 54.6 Å². The SMILES string of the molecule is CCOc1nc(-c2ccccc2)nc2c1CCC(C(=O)NCCCN(C)C)CC2. The van der Waals surface area contributed by atoms with Gasteiger partial charge in [-0.1, -0.05) is 30.3 Å². The number of aryl methyl sites for hydroxylation is 1. The Morgan fingerprint density at radius 2 is 1.93 bits per heavy atom. The Balaban J connectivity index is 1.72. The molecule has 1 aliphatic rings. The van der Waals surface area contributed by atoms with Gasteiger partial charge in [-0.2, -0.15) is 4.98 Å². The number of rotatable bonds is 8. The predicted octanol–water partition coefficient (Wildman–Crippen LogP) is 3.11. The van der Waals surface area contributed by atoms with Gasteiger partial charge in [0.25, 0.3) is 0 Å². The molecule has 1 amide bonds. The summed E-state index contributed by atoms with van der Waals surface area (Å²) >= 11 is 0. The number of hydrogen-bond acceptors (Lipinski definition) is 5. The first-order valence-electron chi connectivity index (χ1n) is 10.6. The van der Waals surface area contributed by atoms with Crippen molar-refractivity contribution in [2.75, 3.05) is 33.8 Å². The number of benzene rings is 1. The van der Waals surface area contributed by atoms with Crippen LogP contribution in [0.3, 0.4) is 0 Å². The maximum atomic E-state index is 12.7. The van der Waals surface area contributed by atoms with E-state index in [0.717, 1.165) is 62.0 Å². The highest BCUT2D eigenvalue weighted by molar-refractivity contribution is 5.78. The Hall–Kier alpha value is -2.47. The zero-order valence-corrected chi connectivity index (χ0v) is 17.8. The molecule has 6 nitrogen and oxygen atoms in total. The first kappa shape index (κ1) is 21.2. The second-order valence-corrected chi connectivity index (χ2v) is 7.80. The van der Waals surface area contributed by atoms with Gasteiger partial charge in [0.05, 0.1) is 12.3 Å². The molecule has 29 heavy (non-hydrogen) atoms. The van der Waals surface area contributed by atoms with Crippen LogP contribution < -0.4 is 10.1 Å². The number of carbonyl (C=O) groups is 1. The molecular weight excluding hydrogens is 364 g/mol. The number of nitrogens with one attached hydrogen (secondary N) is 1. The van der Waals surface area contributed by atoms with Gasteiger partial charge in [0, 0.05) is 23.6 Å². The maximum Gasteiger partial charge on any atom is 0.223 e. The van der Waals surface area contributed by atoms with E-state index in [2.05, 4.69) is 10.2 Å². The minimum atomic E-state index is 0.0122. The van der Waals surface area contributed by atoms with Gasteiger partial charge in [0.2, 0.25) is 11.8 Å². The van der Waals surface area contributed by atoms with E-state index in [1.165, 1.54) is 0 Å². The molecule has 1 aliphatic carbocycles. The average Bonchev–Trinajstić information content (AvgIpc) is 2.95. The van der Waals surface area contributed by atoms with Crippen LogP contribution in [0.2, 0.25) is 0 Å². The molecule has 1 unspecified atom stereocenters. The molecule has 2 aromatic rings. The van der Waals surface area contributed by atoms with Gasteiger partial charge in [0.15, 0.2) is 5.82 Å². The molecule has 1 atom stereocenters. The van der Waals surface area contributed by atoms with Gasteiger partial charge in [-0.05, 0) is 59.7 Å². The second-order valence-electron chi connectivity index (χ2n) is 7.80. The molecule has 1 aromatic carbocycles. The average molecular weight is 397 g/mol. The fraction of sp³-hybridized carbons (Fsp3) is 0.522. The summed E-state index contributed by atoms with van der Waals surface area (Å²) in [4.78, 5) is 24.3. The minimum Gasteiger partial charge on any atom is -0.478 e.